The van der Waals surface area contributed by atoms with Crippen LogP contribution in [0.1, 0.15) is 11.3 Å². The number of ether oxygens (including phenoxy) is 2. The Kier molecular flexibility index (Phi) is 7.06. The zero-order valence-corrected chi connectivity index (χ0v) is 16.3. The van der Waals surface area contributed by atoms with Crippen molar-refractivity contribution >= 4 is 11.0 Å². The Balaban J connectivity index is 1.82. The number of hydrogen-bond acceptors (Lipinski definition) is 5. The molecular weight excluding hydrogens is 376 g/mol. The van der Waals surface area contributed by atoms with E-state index in [1.54, 1.807) is 18.2 Å². The quantitative estimate of drug-likeness (QED) is 0.452. The molecule has 0 spiro atoms. The first-order chi connectivity index (χ1) is 14.0. The van der Waals surface area contributed by atoms with E-state index < -0.39 is 11.6 Å². The third kappa shape index (κ3) is 5.95. The lowest BCUT2D eigenvalue weighted by Gasteiger charge is -2.11. The molecule has 0 saturated carbocycles. The fourth-order valence-electron chi connectivity index (χ4n) is 2.43. The van der Waals surface area contributed by atoms with Crippen LogP contribution in [0.4, 0.5) is 8.78 Å². The Morgan fingerprint density at radius 3 is 2.55 bits per heavy atom. The molecule has 7 heteroatoms. The lowest BCUT2D eigenvalue weighted by Crippen LogP contribution is -2.19. The van der Waals surface area contributed by atoms with Gasteiger partial charge in [-0.3, -0.25) is 0 Å². The summed E-state index contributed by atoms with van der Waals surface area (Å²) in [6.45, 7) is 2.01. The summed E-state index contributed by atoms with van der Waals surface area (Å²) in [6, 6.07) is 10.3. The molecule has 0 unspecified atom stereocenters. The molecule has 0 N–H and O–H groups in total. The van der Waals surface area contributed by atoms with E-state index in [9.17, 15) is 8.78 Å². The smallest absolute Gasteiger partial charge is 0.249 e. The number of fused-ring (bicyclic) bond motifs is 1. The van der Waals surface area contributed by atoms with Gasteiger partial charge in [-0.15, -0.1) is 0 Å². The van der Waals surface area contributed by atoms with Crippen molar-refractivity contribution in [1.29, 1.82) is 0 Å². The molecule has 0 aliphatic carbocycles. The van der Waals surface area contributed by atoms with E-state index in [1.165, 1.54) is 24.3 Å². The summed E-state index contributed by atoms with van der Waals surface area (Å²) in [4.78, 5) is 10.8. The van der Waals surface area contributed by atoms with Crippen LogP contribution in [0.2, 0.25) is 0 Å². The number of halogens is 2. The van der Waals surface area contributed by atoms with E-state index in [1.807, 2.05) is 19.0 Å². The Labute approximate surface area is 168 Å². The number of benzene rings is 2. The predicted molar refractivity (Wildman–Crippen MR) is 107 cm³/mol. The van der Waals surface area contributed by atoms with Gasteiger partial charge in [-0.1, -0.05) is 18.1 Å². The second-order valence-electron chi connectivity index (χ2n) is 6.50. The van der Waals surface area contributed by atoms with Crippen molar-refractivity contribution in [3.8, 4) is 17.7 Å². The van der Waals surface area contributed by atoms with Crippen molar-refractivity contribution in [3.63, 3.8) is 0 Å². The molecule has 0 aliphatic rings. The second-order valence-corrected chi connectivity index (χ2v) is 6.50. The van der Waals surface area contributed by atoms with E-state index in [0.29, 0.717) is 24.2 Å². The molecule has 1 aromatic heterocycles. The molecule has 0 amide bonds. The van der Waals surface area contributed by atoms with Gasteiger partial charge in [-0.05, 0) is 44.3 Å². The maximum absolute atomic E-state index is 13.8. The maximum Gasteiger partial charge on any atom is 0.249 e. The molecule has 0 radical (unpaired) electrons. The van der Waals surface area contributed by atoms with Gasteiger partial charge in [0.25, 0.3) is 0 Å². The van der Waals surface area contributed by atoms with Crippen molar-refractivity contribution in [2.24, 2.45) is 0 Å². The van der Waals surface area contributed by atoms with Crippen LogP contribution in [0.5, 0.6) is 5.88 Å². The molecular formula is C22H21F2N3O2. The highest BCUT2D eigenvalue weighted by Crippen LogP contribution is 2.19. The largest absolute Gasteiger partial charge is 0.473 e. The predicted octanol–water partition coefficient (Wildman–Crippen LogP) is 3.26. The van der Waals surface area contributed by atoms with Gasteiger partial charge >= 0.3 is 0 Å². The Morgan fingerprint density at radius 2 is 1.76 bits per heavy atom. The van der Waals surface area contributed by atoms with E-state index in [2.05, 4.69) is 21.8 Å². The molecule has 3 rings (SSSR count). The first-order valence-corrected chi connectivity index (χ1v) is 9.12. The summed E-state index contributed by atoms with van der Waals surface area (Å²) < 4.78 is 38.6. The zero-order valence-electron chi connectivity index (χ0n) is 16.3. The average Bonchev–Trinajstić information content (AvgIpc) is 2.69. The minimum Gasteiger partial charge on any atom is -0.473 e. The van der Waals surface area contributed by atoms with Crippen molar-refractivity contribution < 1.29 is 18.3 Å². The highest BCUT2D eigenvalue weighted by Gasteiger charge is 2.10. The van der Waals surface area contributed by atoms with Crippen molar-refractivity contribution in [2.45, 2.75) is 0 Å². The fourth-order valence-corrected chi connectivity index (χ4v) is 2.43. The van der Waals surface area contributed by atoms with Crippen LogP contribution in [-0.2, 0) is 4.74 Å². The minimum atomic E-state index is -0.434. The maximum atomic E-state index is 13.8. The summed E-state index contributed by atoms with van der Waals surface area (Å²) in [5.41, 5.74) is 1.26. The Morgan fingerprint density at radius 1 is 0.931 bits per heavy atom. The number of hydrogen-bond donors (Lipinski definition) is 0. The molecule has 1 heterocycles. The standard InChI is InChI=1S/C22H21F2N3O2/c1-27(2)11-12-28-13-14-29-22-20(9-7-16-5-3-4-6-18(16)24)25-21-15-17(23)8-10-19(21)26-22/h3-6,8,10,15H,11-14H2,1-2H3. The first kappa shape index (κ1) is 20.6. The van der Waals surface area contributed by atoms with E-state index in [0.717, 1.165) is 6.54 Å². The van der Waals surface area contributed by atoms with Crippen LogP contribution in [0.25, 0.3) is 11.0 Å². The highest BCUT2D eigenvalue weighted by molar-refractivity contribution is 5.75. The molecule has 150 valence electrons. The monoisotopic (exact) mass is 397 g/mol. The summed E-state index contributed by atoms with van der Waals surface area (Å²) >= 11 is 0. The molecule has 0 saturated heterocycles. The summed E-state index contributed by atoms with van der Waals surface area (Å²) in [7, 11) is 3.93. The molecule has 0 atom stereocenters. The molecule has 0 fully saturated rings. The second kappa shape index (κ2) is 9.92. The van der Waals surface area contributed by atoms with E-state index in [-0.39, 0.29) is 23.7 Å². The number of aromatic nitrogens is 2. The van der Waals surface area contributed by atoms with Crippen LogP contribution in [0.15, 0.2) is 42.5 Å². The third-order valence-electron chi connectivity index (χ3n) is 3.93. The van der Waals surface area contributed by atoms with E-state index in [4.69, 9.17) is 9.47 Å². The molecule has 2 aromatic carbocycles. The van der Waals surface area contributed by atoms with Gasteiger partial charge in [0.05, 0.1) is 29.8 Å². The van der Waals surface area contributed by atoms with Crippen LogP contribution >= 0.6 is 0 Å². The third-order valence-corrected chi connectivity index (χ3v) is 3.93. The number of rotatable bonds is 7. The van der Waals surface area contributed by atoms with Gasteiger partial charge in [0.15, 0.2) is 5.69 Å². The van der Waals surface area contributed by atoms with Crippen molar-refractivity contribution in [1.82, 2.24) is 14.9 Å². The topological polar surface area (TPSA) is 47.5 Å². The molecule has 3 aromatic rings. The van der Waals surface area contributed by atoms with Gasteiger partial charge in [0, 0.05) is 12.6 Å². The van der Waals surface area contributed by atoms with E-state index >= 15 is 0 Å². The van der Waals surface area contributed by atoms with Crippen LogP contribution in [0, 0.1) is 23.5 Å². The number of likely N-dealkylation sites (N-methyl/N-ethyl adjacent to an activating group) is 1. The lowest BCUT2D eigenvalue weighted by atomic mass is 10.2. The summed E-state index contributed by atoms with van der Waals surface area (Å²) in [5, 5.41) is 0. The fraction of sp³-hybridized carbons (Fsp3) is 0.273. The molecule has 0 aliphatic heterocycles. The van der Waals surface area contributed by atoms with Crippen LogP contribution < -0.4 is 4.74 Å². The van der Waals surface area contributed by atoms with Crippen LogP contribution in [0.3, 0.4) is 0 Å². The zero-order chi connectivity index (χ0) is 20.6. The van der Waals surface area contributed by atoms with Gasteiger partial charge in [0.2, 0.25) is 5.88 Å². The van der Waals surface area contributed by atoms with Gasteiger partial charge in [-0.25, -0.2) is 18.7 Å². The first-order valence-electron chi connectivity index (χ1n) is 9.12. The number of nitrogens with zero attached hydrogens (tertiary/aromatic N) is 3. The minimum absolute atomic E-state index is 0.198. The van der Waals surface area contributed by atoms with Gasteiger partial charge in [-0.2, -0.15) is 0 Å². The SMILES string of the molecule is CN(C)CCOCCOc1nc2ccc(F)cc2nc1C#Cc1ccccc1F. The lowest BCUT2D eigenvalue weighted by molar-refractivity contribution is 0.0875. The molecule has 0 bridgehead atoms. The molecule has 5 nitrogen and oxygen atoms in total. The summed E-state index contributed by atoms with van der Waals surface area (Å²) in [6.07, 6.45) is 0. The van der Waals surface area contributed by atoms with Gasteiger partial charge < -0.3 is 14.4 Å². The average molecular weight is 397 g/mol. The normalized spacial score (nSPS) is 10.8. The van der Waals surface area contributed by atoms with Gasteiger partial charge in [0.1, 0.15) is 18.2 Å². The Bertz CT molecular complexity index is 1050. The van der Waals surface area contributed by atoms with Crippen molar-refractivity contribution in [2.75, 3.05) is 40.5 Å². The van der Waals surface area contributed by atoms with Crippen LogP contribution in [-0.4, -0.2) is 55.3 Å². The Hall–Kier alpha value is -3.08. The molecule has 29 heavy (non-hydrogen) atoms. The highest BCUT2D eigenvalue weighted by atomic mass is 19.1. The van der Waals surface area contributed by atoms with Crippen molar-refractivity contribution in [3.05, 3.63) is 65.4 Å². The summed E-state index contributed by atoms with van der Waals surface area (Å²) in [5.74, 6) is 4.86.